The lowest BCUT2D eigenvalue weighted by Gasteiger charge is -2.33. The summed E-state index contributed by atoms with van der Waals surface area (Å²) in [5.41, 5.74) is 0. The minimum absolute atomic E-state index is 0. The molecule has 16 heavy (non-hydrogen) atoms. The summed E-state index contributed by atoms with van der Waals surface area (Å²) in [6.07, 6.45) is 1.06. The van der Waals surface area contributed by atoms with Gasteiger partial charge in [0.25, 0.3) is 0 Å². The zero-order valence-corrected chi connectivity index (χ0v) is 10.5. The molecule has 6 heteroatoms. The lowest BCUT2D eigenvalue weighted by molar-refractivity contribution is 0.0427. The number of urea groups is 1. The summed E-state index contributed by atoms with van der Waals surface area (Å²) in [7, 11) is 1.90. The van der Waals surface area contributed by atoms with Crippen LogP contribution in [0.3, 0.4) is 0 Å². The lowest BCUT2D eigenvalue weighted by atomic mass is 10.2. The first-order valence-corrected chi connectivity index (χ1v) is 5.59. The number of nitrogens with zero attached hydrogens (tertiary/aromatic N) is 2. The van der Waals surface area contributed by atoms with Gasteiger partial charge in [-0.05, 0) is 13.0 Å². The van der Waals surface area contributed by atoms with Crippen LogP contribution in [0.25, 0.3) is 0 Å². The number of ether oxygens (including phenoxy) is 1. The standard InChI is InChI=1S/C10H19N3O2.ClH/c1-12(9-2-3-11-8-9)10(14)13-4-6-15-7-5-13;/h9,11H,2-8H2,1H3;1H/t9-;/m0./s1. The summed E-state index contributed by atoms with van der Waals surface area (Å²) in [5, 5.41) is 3.27. The van der Waals surface area contributed by atoms with E-state index in [1.165, 1.54) is 0 Å². The minimum Gasteiger partial charge on any atom is -0.378 e. The van der Waals surface area contributed by atoms with Crippen molar-refractivity contribution in [2.75, 3.05) is 46.4 Å². The summed E-state index contributed by atoms with van der Waals surface area (Å²) in [6.45, 7) is 4.73. The molecular weight excluding hydrogens is 230 g/mol. The maximum Gasteiger partial charge on any atom is 0.320 e. The summed E-state index contributed by atoms with van der Waals surface area (Å²) in [4.78, 5) is 15.8. The molecule has 0 unspecified atom stereocenters. The molecule has 0 bridgehead atoms. The number of hydrogen-bond acceptors (Lipinski definition) is 3. The van der Waals surface area contributed by atoms with E-state index in [0.29, 0.717) is 19.3 Å². The molecule has 0 spiro atoms. The van der Waals surface area contributed by atoms with Gasteiger partial charge in [-0.2, -0.15) is 0 Å². The first-order chi connectivity index (χ1) is 7.29. The summed E-state index contributed by atoms with van der Waals surface area (Å²) >= 11 is 0. The monoisotopic (exact) mass is 249 g/mol. The largest absolute Gasteiger partial charge is 0.378 e. The van der Waals surface area contributed by atoms with Gasteiger partial charge in [-0.1, -0.05) is 0 Å². The van der Waals surface area contributed by atoms with Gasteiger partial charge in [0.05, 0.1) is 13.2 Å². The Kier molecular flexibility index (Phi) is 5.31. The Morgan fingerprint density at radius 3 is 2.69 bits per heavy atom. The fourth-order valence-electron chi connectivity index (χ4n) is 2.10. The molecule has 2 amide bonds. The number of amides is 2. The number of carbonyl (C=O) groups excluding carboxylic acids is 1. The number of morpholine rings is 1. The van der Waals surface area contributed by atoms with Crippen LogP contribution in [0.2, 0.25) is 0 Å². The number of halogens is 1. The zero-order valence-electron chi connectivity index (χ0n) is 9.65. The molecule has 2 fully saturated rings. The second kappa shape index (κ2) is 6.27. The fraction of sp³-hybridized carbons (Fsp3) is 0.900. The van der Waals surface area contributed by atoms with Crippen molar-refractivity contribution in [1.82, 2.24) is 15.1 Å². The molecule has 0 aromatic rings. The molecule has 2 aliphatic rings. The molecule has 1 atom stereocenters. The predicted molar refractivity (Wildman–Crippen MR) is 64.1 cm³/mol. The third-order valence-electron chi connectivity index (χ3n) is 3.17. The number of carbonyl (C=O) groups is 1. The highest BCUT2D eigenvalue weighted by atomic mass is 35.5. The summed E-state index contributed by atoms with van der Waals surface area (Å²) in [6, 6.07) is 0.507. The molecule has 2 aliphatic heterocycles. The molecule has 1 N–H and O–H groups in total. The van der Waals surface area contributed by atoms with Crippen LogP contribution in [-0.4, -0.2) is 68.3 Å². The molecule has 0 aromatic carbocycles. The Bertz CT molecular complexity index is 228. The first-order valence-electron chi connectivity index (χ1n) is 5.59. The average molecular weight is 250 g/mol. The van der Waals surface area contributed by atoms with Gasteiger partial charge in [-0.15, -0.1) is 12.4 Å². The predicted octanol–water partition coefficient (Wildman–Crippen LogP) is 0.154. The Hall–Kier alpha value is -0.520. The molecule has 2 heterocycles. The fourth-order valence-corrected chi connectivity index (χ4v) is 2.10. The van der Waals surface area contributed by atoms with Crippen LogP contribution in [-0.2, 0) is 4.74 Å². The minimum atomic E-state index is 0. The van der Waals surface area contributed by atoms with Crippen LogP contribution in [0.4, 0.5) is 4.79 Å². The number of rotatable bonds is 1. The number of nitrogens with one attached hydrogen (secondary N) is 1. The van der Waals surface area contributed by atoms with E-state index in [4.69, 9.17) is 4.74 Å². The normalized spacial score (nSPS) is 25.1. The van der Waals surface area contributed by atoms with Gasteiger partial charge in [-0.25, -0.2) is 4.79 Å². The second-order valence-corrected chi connectivity index (χ2v) is 4.14. The highest BCUT2D eigenvalue weighted by Crippen LogP contribution is 2.10. The molecule has 0 radical (unpaired) electrons. The van der Waals surface area contributed by atoms with Gasteiger partial charge in [0, 0.05) is 32.7 Å². The van der Waals surface area contributed by atoms with Gasteiger partial charge in [0.1, 0.15) is 0 Å². The third-order valence-corrected chi connectivity index (χ3v) is 3.17. The molecule has 2 saturated heterocycles. The smallest absolute Gasteiger partial charge is 0.320 e. The second-order valence-electron chi connectivity index (χ2n) is 4.14. The van der Waals surface area contributed by atoms with Crippen LogP contribution in [0.5, 0.6) is 0 Å². The van der Waals surface area contributed by atoms with Gasteiger partial charge in [-0.3, -0.25) is 0 Å². The van der Waals surface area contributed by atoms with E-state index in [0.717, 1.165) is 32.6 Å². The summed E-state index contributed by atoms with van der Waals surface area (Å²) in [5.74, 6) is 0. The van der Waals surface area contributed by atoms with Gasteiger partial charge in [0.2, 0.25) is 0 Å². The van der Waals surface area contributed by atoms with Crippen LogP contribution in [0, 0.1) is 0 Å². The van der Waals surface area contributed by atoms with Crippen molar-refractivity contribution < 1.29 is 9.53 Å². The highest BCUT2D eigenvalue weighted by Gasteiger charge is 2.27. The Labute approximate surface area is 103 Å². The van der Waals surface area contributed by atoms with E-state index < -0.39 is 0 Å². The molecule has 2 rings (SSSR count). The Morgan fingerprint density at radius 2 is 2.12 bits per heavy atom. The topological polar surface area (TPSA) is 44.8 Å². The number of likely N-dealkylation sites (N-methyl/N-ethyl adjacent to an activating group) is 1. The average Bonchev–Trinajstić information content (AvgIpc) is 2.82. The molecule has 0 aromatic heterocycles. The van der Waals surface area contributed by atoms with E-state index in [2.05, 4.69) is 5.32 Å². The first kappa shape index (κ1) is 13.5. The SMILES string of the molecule is CN(C(=O)N1CCOCC1)[C@H]1CCNC1.Cl. The van der Waals surface area contributed by atoms with Gasteiger partial charge in [0.15, 0.2) is 0 Å². The van der Waals surface area contributed by atoms with Crippen LogP contribution >= 0.6 is 12.4 Å². The van der Waals surface area contributed by atoms with Crippen molar-refractivity contribution in [3.63, 3.8) is 0 Å². The van der Waals surface area contributed by atoms with E-state index in [-0.39, 0.29) is 18.4 Å². The molecule has 94 valence electrons. The van der Waals surface area contributed by atoms with E-state index in [1.54, 1.807) is 0 Å². The van der Waals surface area contributed by atoms with Gasteiger partial charge < -0.3 is 19.9 Å². The maximum atomic E-state index is 12.1. The van der Waals surface area contributed by atoms with E-state index in [9.17, 15) is 4.79 Å². The molecule has 5 nitrogen and oxygen atoms in total. The van der Waals surface area contributed by atoms with Crippen molar-refractivity contribution in [2.45, 2.75) is 12.5 Å². The van der Waals surface area contributed by atoms with Crippen LogP contribution in [0.15, 0.2) is 0 Å². The highest BCUT2D eigenvalue weighted by molar-refractivity contribution is 5.85. The van der Waals surface area contributed by atoms with Crippen LogP contribution in [0.1, 0.15) is 6.42 Å². The zero-order chi connectivity index (χ0) is 10.7. The van der Waals surface area contributed by atoms with E-state index in [1.807, 2.05) is 16.8 Å². The third kappa shape index (κ3) is 2.99. The number of hydrogen-bond donors (Lipinski definition) is 1. The Balaban J connectivity index is 0.00000128. The van der Waals surface area contributed by atoms with Crippen molar-refractivity contribution in [1.29, 1.82) is 0 Å². The molecular formula is C10H20ClN3O2. The van der Waals surface area contributed by atoms with Crippen molar-refractivity contribution in [3.05, 3.63) is 0 Å². The van der Waals surface area contributed by atoms with Gasteiger partial charge >= 0.3 is 6.03 Å². The lowest BCUT2D eigenvalue weighted by Crippen LogP contribution is -2.50. The quantitative estimate of drug-likeness (QED) is 0.720. The molecule has 0 aliphatic carbocycles. The maximum absolute atomic E-state index is 12.1. The van der Waals surface area contributed by atoms with Crippen molar-refractivity contribution >= 4 is 18.4 Å². The summed E-state index contributed by atoms with van der Waals surface area (Å²) < 4.78 is 5.23. The van der Waals surface area contributed by atoms with Crippen molar-refractivity contribution in [3.8, 4) is 0 Å². The van der Waals surface area contributed by atoms with Crippen LogP contribution < -0.4 is 5.32 Å². The van der Waals surface area contributed by atoms with Crippen molar-refractivity contribution in [2.24, 2.45) is 0 Å². The van der Waals surface area contributed by atoms with E-state index >= 15 is 0 Å². The molecule has 0 saturated carbocycles. The Morgan fingerprint density at radius 1 is 1.44 bits per heavy atom.